The number of aromatic nitrogens is 4. The van der Waals surface area contributed by atoms with Crippen LogP contribution in [0.4, 0.5) is 11.6 Å². The Balaban J connectivity index is 1.60. The van der Waals surface area contributed by atoms with Crippen LogP contribution >= 0.6 is 0 Å². The molecule has 0 aliphatic rings. The fourth-order valence-electron chi connectivity index (χ4n) is 4.34. The number of rotatable bonds is 6. The molecular weight excluding hydrogens is 436 g/mol. The summed E-state index contributed by atoms with van der Waals surface area (Å²) in [6.07, 6.45) is 1.98. The van der Waals surface area contributed by atoms with E-state index in [2.05, 4.69) is 72.7 Å². The highest BCUT2D eigenvalue weighted by Gasteiger charge is 2.14. The summed E-state index contributed by atoms with van der Waals surface area (Å²) in [6.45, 7) is 6.19. The van der Waals surface area contributed by atoms with Gasteiger partial charge in [0.1, 0.15) is 23.1 Å². The van der Waals surface area contributed by atoms with Gasteiger partial charge in [-0.2, -0.15) is 0 Å². The molecule has 5 rings (SSSR count). The number of hydrogen-bond acceptors (Lipinski definition) is 6. The number of ether oxygens (including phenoxy) is 1. The molecule has 0 amide bonds. The molecule has 0 radical (unpaired) electrons. The minimum absolute atomic E-state index is 0.0990. The molecule has 0 fully saturated rings. The molecule has 0 aliphatic carbocycles. The quantitative estimate of drug-likeness (QED) is 0.341. The second-order valence-corrected chi connectivity index (χ2v) is 9.14. The number of pyridine rings is 1. The number of fused-ring (bicyclic) bond motifs is 2. The molecular formula is C28H30N6O. The Morgan fingerprint density at radius 1 is 0.943 bits per heavy atom. The lowest BCUT2D eigenvalue weighted by molar-refractivity contribution is 0.392. The molecule has 0 aliphatic heterocycles. The third kappa shape index (κ3) is 4.37. The molecule has 0 bridgehead atoms. The molecule has 0 saturated carbocycles. The van der Waals surface area contributed by atoms with Gasteiger partial charge >= 0.3 is 0 Å². The molecule has 7 nitrogen and oxygen atoms in total. The summed E-state index contributed by atoms with van der Waals surface area (Å²) in [6, 6.07) is 19.0. The zero-order valence-corrected chi connectivity index (χ0v) is 21.0. The summed E-state index contributed by atoms with van der Waals surface area (Å²) in [4.78, 5) is 16.2. The van der Waals surface area contributed by atoms with E-state index in [1.165, 1.54) is 11.1 Å². The van der Waals surface area contributed by atoms with E-state index in [4.69, 9.17) is 14.7 Å². The number of nitrogens with zero attached hydrogens (tertiary/aromatic N) is 5. The summed E-state index contributed by atoms with van der Waals surface area (Å²) in [5, 5.41) is 4.59. The zero-order chi connectivity index (χ0) is 24.7. The largest absolute Gasteiger partial charge is 0.482 e. The van der Waals surface area contributed by atoms with Gasteiger partial charge in [0.25, 0.3) is 0 Å². The van der Waals surface area contributed by atoms with Crippen molar-refractivity contribution < 1.29 is 4.74 Å². The molecule has 5 aromatic rings. The van der Waals surface area contributed by atoms with Crippen LogP contribution in [0.1, 0.15) is 29.9 Å². The smallest absolute Gasteiger partial charge is 0.199 e. The minimum Gasteiger partial charge on any atom is -0.482 e. The third-order valence-electron chi connectivity index (χ3n) is 6.23. The van der Waals surface area contributed by atoms with Crippen molar-refractivity contribution in [1.29, 1.82) is 0 Å². The average Bonchev–Trinajstić information content (AvgIpc) is 3.28. The molecule has 3 aromatic heterocycles. The number of aryl methyl sites for hydroxylation is 2. The van der Waals surface area contributed by atoms with Crippen LogP contribution in [0.3, 0.4) is 0 Å². The van der Waals surface area contributed by atoms with E-state index in [0.717, 1.165) is 51.0 Å². The van der Waals surface area contributed by atoms with Gasteiger partial charge in [0, 0.05) is 31.6 Å². The van der Waals surface area contributed by atoms with Crippen molar-refractivity contribution in [2.75, 3.05) is 31.4 Å². The Bertz CT molecular complexity index is 1540. The Labute approximate surface area is 205 Å². The van der Waals surface area contributed by atoms with Gasteiger partial charge in [-0.1, -0.05) is 35.9 Å². The maximum absolute atomic E-state index is 5.69. The molecule has 35 heavy (non-hydrogen) atoms. The van der Waals surface area contributed by atoms with Crippen LogP contribution in [0, 0.1) is 13.8 Å². The molecule has 7 heteroatoms. The van der Waals surface area contributed by atoms with Gasteiger partial charge in [-0.3, -0.25) is 4.40 Å². The number of hydrogen-bond donors (Lipinski definition) is 1. The highest BCUT2D eigenvalue weighted by atomic mass is 16.5. The number of methoxy groups -OCH3 is 1. The number of anilines is 2. The van der Waals surface area contributed by atoms with Crippen molar-refractivity contribution in [2.24, 2.45) is 0 Å². The Morgan fingerprint density at radius 3 is 2.51 bits per heavy atom. The van der Waals surface area contributed by atoms with E-state index in [9.17, 15) is 0 Å². The van der Waals surface area contributed by atoms with Crippen LogP contribution in [0.15, 0.2) is 60.8 Å². The SMILES string of the molecule is COc1cc(-c2ccc3nc(C)nc(NC(C)c4cccc(C)c4)c3c2)cc2nc(N(C)C)cn12. The Kier molecular flexibility index (Phi) is 5.76. The van der Waals surface area contributed by atoms with Crippen molar-refractivity contribution in [1.82, 2.24) is 19.4 Å². The van der Waals surface area contributed by atoms with Crippen molar-refractivity contribution in [2.45, 2.75) is 26.8 Å². The fourth-order valence-corrected chi connectivity index (χ4v) is 4.34. The van der Waals surface area contributed by atoms with E-state index in [1.807, 2.05) is 42.6 Å². The first-order valence-corrected chi connectivity index (χ1v) is 11.7. The maximum Gasteiger partial charge on any atom is 0.199 e. The first kappa shape index (κ1) is 22.7. The van der Waals surface area contributed by atoms with Gasteiger partial charge in [0.2, 0.25) is 0 Å². The Hall–Kier alpha value is -4.13. The molecule has 0 saturated heterocycles. The molecule has 1 N–H and O–H groups in total. The maximum atomic E-state index is 5.69. The Morgan fingerprint density at radius 2 is 1.77 bits per heavy atom. The van der Waals surface area contributed by atoms with Crippen molar-refractivity contribution in [3.8, 4) is 17.0 Å². The second-order valence-electron chi connectivity index (χ2n) is 9.14. The predicted octanol–water partition coefficient (Wildman–Crippen LogP) is 5.81. The first-order chi connectivity index (χ1) is 16.8. The predicted molar refractivity (Wildman–Crippen MR) is 143 cm³/mol. The van der Waals surface area contributed by atoms with E-state index in [1.54, 1.807) is 7.11 Å². The zero-order valence-electron chi connectivity index (χ0n) is 21.0. The number of benzene rings is 2. The summed E-state index contributed by atoms with van der Waals surface area (Å²) in [7, 11) is 5.64. The number of nitrogens with one attached hydrogen (secondary N) is 1. The summed E-state index contributed by atoms with van der Waals surface area (Å²) >= 11 is 0. The molecule has 178 valence electrons. The van der Waals surface area contributed by atoms with Crippen LogP contribution in [-0.4, -0.2) is 40.6 Å². The lowest BCUT2D eigenvalue weighted by Crippen LogP contribution is -2.09. The van der Waals surface area contributed by atoms with E-state index < -0.39 is 0 Å². The molecule has 1 unspecified atom stereocenters. The first-order valence-electron chi connectivity index (χ1n) is 11.7. The summed E-state index contributed by atoms with van der Waals surface area (Å²) in [5.74, 6) is 3.16. The van der Waals surface area contributed by atoms with E-state index >= 15 is 0 Å². The highest BCUT2D eigenvalue weighted by Crippen LogP contribution is 2.32. The fraction of sp³-hybridized carbons (Fsp3) is 0.250. The second kappa shape index (κ2) is 8.91. The normalized spacial score (nSPS) is 12.2. The van der Waals surface area contributed by atoms with Crippen molar-refractivity contribution in [3.05, 3.63) is 77.7 Å². The van der Waals surface area contributed by atoms with Gasteiger partial charge < -0.3 is 15.0 Å². The molecule has 3 heterocycles. The van der Waals surface area contributed by atoms with Crippen LogP contribution in [0.25, 0.3) is 27.7 Å². The van der Waals surface area contributed by atoms with Crippen molar-refractivity contribution in [3.63, 3.8) is 0 Å². The highest BCUT2D eigenvalue weighted by molar-refractivity contribution is 5.93. The molecule has 2 aromatic carbocycles. The van der Waals surface area contributed by atoms with Gasteiger partial charge in [-0.15, -0.1) is 0 Å². The van der Waals surface area contributed by atoms with Crippen LogP contribution in [0.5, 0.6) is 5.88 Å². The van der Waals surface area contributed by atoms with Crippen LogP contribution < -0.4 is 15.0 Å². The van der Waals surface area contributed by atoms with Gasteiger partial charge in [-0.05, 0) is 55.7 Å². The van der Waals surface area contributed by atoms with Gasteiger partial charge in [-0.25, -0.2) is 15.0 Å². The number of imidazole rings is 1. The molecule has 1 atom stereocenters. The summed E-state index contributed by atoms with van der Waals surface area (Å²) in [5.41, 5.74) is 6.26. The lowest BCUT2D eigenvalue weighted by atomic mass is 10.0. The average molecular weight is 467 g/mol. The third-order valence-corrected chi connectivity index (χ3v) is 6.23. The minimum atomic E-state index is 0.0990. The monoisotopic (exact) mass is 466 g/mol. The molecule has 0 spiro atoms. The van der Waals surface area contributed by atoms with Crippen molar-refractivity contribution >= 4 is 28.2 Å². The topological polar surface area (TPSA) is 67.6 Å². The van der Waals surface area contributed by atoms with E-state index in [-0.39, 0.29) is 6.04 Å². The van der Waals surface area contributed by atoms with Crippen LogP contribution in [-0.2, 0) is 0 Å². The van der Waals surface area contributed by atoms with Gasteiger partial charge in [0.05, 0.1) is 18.8 Å². The van der Waals surface area contributed by atoms with E-state index in [0.29, 0.717) is 0 Å². The van der Waals surface area contributed by atoms with Crippen LogP contribution in [0.2, 0.25) is 0 Å². The lowest BCUT2D eigenvalue weighted by Gasteiger charge is -2.18. The summed E-state index contributed by atoms with van der Waals surface area (Å²) < 4.78 is 7.65. The van der Waals surface area contributed by atoms with Gasteiger partial charge in [0.15, 0.2) is 5.88 Å². The standard InChI is InChI=1S/C28H30N6O/c1-17-8-7-9-20(12-17)18(2)29-28-23-13-21(10-11-24(23)30-19(3)31-28)22-14-25-32-26(33(4)5)16-34(25)27(15-22)35-6/h7-16,18H,1-6H3,(H,29,30,31).